The fraction of sp³-hybridized carbons (Fsp3) is 0.273. The number of carbonyl (C=O) groups is 1. The van der Waals surface area contributed by atoms with E-state index >= 15 is 0 Å². The first-order valence-electron chi connectivity index (χ1n) is 8.67. The standard InChI is InChI=1S/C22H20ClNO3/c1-22(2)18(11-12-23)20(22)21(25)27-19(14-24)15-7-6-10-17(13-15)26-16-8-4-3-5-9-16/h3-13,18-20H,1-2H3/b12-11+. The van der Waals surface area contributed by atoms with Gasteiger partial charge in [0.2, 0.25) is 6.10 Å². The molecule has 4 nitrogen and oxygen atoms in total. The van der Waals surface area contributed by atoms with Crippen LogP contribution in [0.1, 0.15) is 25.5 Å². The van der Waals surface area contributed by atoms with Gasteiger partial charge in [-0.2, -0.15) is 5.26 Å². The molecule has 5 heteroatoms. The number of rotatable bonds is 6. The third kappa shape index (κ3) is 4.15. The Labute approximate surface area is 164 Å². The summed E-state index contributed by atoms with van der Waals surface area (Å²) in [7, 11) is 0. The van der Waals surface area contributed by atoms with E-state index in [4.69, 9.17) is 21.1 Å². The molecule has 1 saturated carbocycles. The molecule has 3 unspecified atom stereocenters. The fourth-order valence-electron chi connectivity index (χ4n) is 3.29. The van der Waals surface area contributed by atoms with Gasteiger partial charge in [-0.1, -0.05) is 61.9 Å². The third-order valence-electron chi connectivity index (χ3n) is 4.94. The van der Waals surface area contributed by atoms with Gasteiger partial charge in [0.1, 0.15) is 17.6 Å². The molecule has 2 aromatic rings. The molecule has 2 aromatic carbocycles. The van der Waals surface area contributed by atoms with Crippen LogP contribution >= 0.6 is 11.6 Å². The number of benzene rings is 2. The Hall–Kier alpha value is -2.77. The van der Waals surface area contributed by atoms with E-state index in [1.807, 2.05) is 44.2 Å². The van der Waals surface area contributed by atoms with Crippen LogP contribution in [0.4, 0.5) is 0 Å². The Morgan fingerprint density at radius 1 is 1.19 bits per heavy atom. The summed E-state index contributed by atoms with van der Waals surface area (Å²) in [5.74, 6) is 0.600. The molecule has 0 radical (unpaired) electrons. The van der Waals surface area contributed by atoms with E-state index in [1.165, 1.54) is 5.54 Å². The molecule has 1 fully saturated rings. The molecule has 0 N–H and O–H groups in total. The van der Waals surface area contributed by atoms with Crippen LogP contribution in [0.3, 0.4) is 0 Å². The van der Waals surface area contributed by atoms with Crippen molar-refractivity contribution >= 4 is 17.6 Å². The molecule has 0 aromatic heterocycles. The zero-order chi connectivity index (χ0) is 19.4. The van der Waals surface area contributed by atoms with Crippen LogP contribution in [0, 0.1) is 28.6 Å². The maximum Gasteiger partial charge on any atom is 0.311 e. The van der Waals surface area contributed by atoms with E-state index in [2.05, 4.69) is 6.07 Å². The summed E-state index contributed by atoms with van der Waals surface area (Å²) in [4.78, 5) is 12.5. The molecule has 0 spiro atoms. The van der Waals surface area contributed by atoms with Crippen LogP contribution in [-0.4, -0.2) is 5.97 Å². The van der Waals surface area contributed by atoms with Crippen molar-refractivity contribution in [2.75, 3.05) is 0 Å². The number of nitrogens with zero attached hydrogens (tertiary/aromatic N) is 1. The van der Waals surface area contributed by atoms with Gasteiger partial charge in [0.25, 0.3) is 0 Å². The fourth-order valence-corrected chi connectivity index (χ4v) is 3.45. The quantitative estimate of drug-likeness (QED) is 0.610. The summed E-state index contributed by atoms with van der Waals surface area (Å²) in [6, 6.07) is 18.4. The summed E-state index contributed by atoms with van der Waals surface area (Å²) in [5.41, 5.74) is 1.77. The number of para-hydroxylation sites is 1. The van der Waals surface area contributed by atoms with Gasteiger partial charge in [-0.05, 0) is 35.6 Å². The lowest BCUT2D eigenvalue weighted by Crippen LogP contribution is -2.14. The molecule has 0 heterocycles. The van der Waals surface area contributed by atoms with E-state index in [-0.39, 0.29) is 23.2 Å². The molecule has 1 aliphatic rings. The topological polar surface area (TPSA) is 59.3 Å². The van der Waals surface area contributed by atoms with E-state index in [0.717, 1.165) is 0 Å². The average molecular weight is 382 g/mol. The molecular formula is C22H20ClNO3. The summed E-state index contributed by atoms with van der Waals surface area (Å²) in [5, 5.41) is 9.51. The normalized spacial score (nSPS) is 21.3. The number of ether oxygens (including phenoxy) is 2. The minimum absolute atomic E-state index is 0.0228. The Kier molecular flexibility index (Phi) is 5.53. The highest BCUT2D eigenvalue weighted by atomic mass is 35.5. The number of halogens is 1. The first kappa shape index (κ1) is 19.0. The molecular weight excluding hydrogens is 362 g/mol. The Morgan fingerprint density at radius 2 is 1.89 bits per heavy atom. The Balaban J connectivity index is 1.72. The largest absolute Gasteiger partial charge is 0.457 e. The summed E-state index contributed by atoms with van der Waals surface area (Å²) >= 11 is 5.65. The molecule has 0 saturated heterocycles. The van der Waals surface area contributed by atoms with Crippen LogP contribution in [-0.2, 0) is 9.53 Å². The Morgan fingerprint density at radius 3 is 2.56 bits per heavy atom. The lowest BCUT2D eigenvalue weighted by Gasteiger charge is -2.13. The highest BCUT2D eigenvalue weighted by Crippen LogP contribution is 2.59. The predicted molar refractivity (Wildman–Crippen MR) is 103 cm³/mol. The first-order chi connectivity index (χ1) is 13.0. The van der Waals surface area contributed by atoms with Gasteiger partial charge in [0.15, 0.2) is 0 Å². The van der Waals surface area contributed by atoms with E-state index in [9.17, 15) is 10.1 Å². The van der Waals surface area contributed by atoms with Gasteiger partial charge in [0.05, 0.1) is 5.92 Å². The Bertz CT molecular complexity index is 886. The smallest absolute Gasteiger partial charge is 0.311 e. The molecule has 3 rings (SSSR count). The van der Waals surface area contributed by atoms with Crippen LogP contribution < -0.4 is 4.74 Å². The lowest BCUT2D eigenvalue weighted by molar-refractivity contribution is -0.149. The second-order valence-corrected chi connectivity index (χ2v) is 7.33. The third-order valence-corrected chi connectivity index (χ3v) is 5.08. The van der Waals surface area contributed by atoms with Gasteiger partial charge in [-0.25, -0.2) is 0 Å². The van der Waals surface area contributed by atoms with E-state index < -0.39 is 6.10 Å². The van der Waals surface area contributed by atoms with Gasteiger partial charge in [0, 0.05) is 11.1 Å². The maximum absolute atomic E-state index is 12.5. The summed E-state index contributed by atoms with van der Waals surface area (Å²) < 4.78 is 11.3. The van der Waals surface area contributed by atoms with E-state index in [0.29, 0.717) is 17.1 Å². The van der Waals surface area contributed by atoms with Crippen molar-refractivity contribution in [3.05, 3.63) is 71.8 Å². The number of carbonyl (C=O) groups excluding carboxylic acids is 1. The lowest BCUT2D eigenvalue weighted by atomic mass is 10.1. The van der Waals surface area contributed by atoms with Crippen molar-refractivity contribution in [2.45, 2.75) is 20.0 Å². The first-order valence-corrected chi connectivity index (χ1v) is 9.11. The van der Waals surface area contributed by atoms with Gasteiger partial charge in [-0.3, -0.25) is 4.79 Å². The number of hydrogen-bond donors (Lipinski definition) is 0. The minimum atomic E-state index is -0.992. The highest BCUT2D eigenvalue weighted by molar-refractivity contribution is 6.25. The zero-order valence-corrected chi connectivity index (χ0v) is 15.9. The molecule has 0 amide bonds. The van der Waals surface area contributed by atoms with Crippen LogP contribution in [0.25, 0.3) is 0 Å². The number of hydrogen-bond acceptors (Lipinski definition) is 4. The van der Waals surface area contributed by atoms with Crippen molar-refractivity contribution in [2.24, 2.45) is 17.3 Å². The van der Waals surface area contributed by atoms with Gasteiger partial charge in [-0.15, -0.1) is 0 Å². The van der Waals surface area contributed by atoms with Crippen LogP contribution in [0.2, 0.25) is 0 Å². The molecule has 1 aliphatic carbocycles. The minimum Gasteiger partial charge on any atom is -0.457 e. The maximum atomic E-state index is 12.5. The number of allylic oxidation sites excluding steroid dienone is 1. The second kappa shape index (κ2) is 7.85. The van der Waals surface area contributed by atoms with Gasteiger partial charge >= 0.3 is 5.97 Å². The summed E-state index contributed by atoms with van der Waals surface area (Å²) in [6.45, 7) is 3.96. The van der Waals surface area contributed by atoms with Crippen molar-refractivity contribution < 1.29 is 14.3 Å². The SMILES string of the molecule is CC1(C)C(/C=C/Cl)C1C(=O)OC(C#N)c1cccc(Oc2ccccc2)c1. The second-order valence-electron chi connectivity index (χ2n) is 7.08. The molecule has 27 heavy (non-hydrogen) atoms. The monoisotopic (exact) mass is 381 g/mol. The van der Waals surface area contributed by atoms with E-state index in [1.54, 1.807) is 30.3 Å². The van der Waals surface area contributed by atoms with Crippen LogP contribution in [0.5, 0.6) is 11.5 Å². The zero-order valence-electron chi connectivity index (χ0n) is 15.1. The predicted octanol–water partition coefficient (Wildman–Crippen LogP) is 5.61. The number of esters is 1. The van der Waals surface area contributed by atoms with Crippen molar-refractivity contribution in [1.82, 2.24) is 0 Å². The average Bonchev–Trinajstić information content (AvgIpc) is 3.21. The highest BCUT2D eigenvalue weighted by Gasteiger charge is 2.61. The molecule has 3 atom stereocenters. The number of nitriles is 1. The van der Waals surface area contributed by atoms with Crippen molar-refractivity contribution in [3.8, 4) is 17.6 Å². The van der Waals surface area contributed by atoms with Crippen LogP contribution in [0.15, 0.2) is 66.2 Å². The molecule has 138 valence electrons. The summed E-state index contributed by atoms with van der Waals surface area (Å²) in [6.07, 6.45) is 0.803. The molecule has 0 bridgehead atoms. The van der Waals surface area contributed by atoms with Crippen molar-refractivity contribution in [1.29, 1.82) is 5.26 Å². The van der Waals surface area contributed by atoms with Gasteiger partial charge < -0.3 is 9.47 Å². The van der Waals surface area contributed by atoms with Crippen molar-refractivity contribution in [3.63, 3.8) is 0 Å². The molecule has 0 aliphatic heterocycles.